The lowest BCUT2D eigenvalue weighted by Crippen LogP contribution is -2.31. The standard InChI is InChI=1S/C14H20FNO/c1-9-3-4-14(10(9)2)16-8-11-5-12(15)7-13(17)6-11/h5-7,9-10,14,16-17H,3-4,8H2,1-2H3. The van der Waals surface area contributed by atoms with Crippen molar-refractivity contribution < 1.29 is 9.50 Å². The van der Waals surface area contributed by atoms with E-state index in [0.717, 1.165) is 17.5 Å². The van der Waals surface area contributed by atoms with E-state index < -0.39 is 0 Å². The van der Waals surface area contributed by atoms with Gasteiger partial charge in [-0.1, -0.05) is 13.8 Å². The highest BCUT2D eigenvalue weighted by atomic mass is 19.1. The number of rotatable bonds is 3. The van der Waals surface area contributed by atoms with Crippen LogP contribution in [0.3, 0.4) is 0 Å². The molecule has 0 heterocycles. The molecule has 3 atom stereocenters. The van der Waals surface area contributed by atoms with Crippen LogP contribution in [0.1, 0.15) is 32.3 Å². The Morgan fingerprint density at radius 3 is 2.65 bits per heavy atom. The highest BCUT2D eigenvalue weighted by Crippen LogP contribution is 2.31. The van der Waals surface area contributed by atoms with Crippen molar-refractivity contribution in [3.8, 4) is 5.75 Å². The van der Waals surface area contributed by atoms with E-state index in [-0.39, 0.29) is 11.6 Å². The Balaban J connectivity index is 1.94. The van der Waals surface area contributed by atoms with Gasteiger partial charge in [-0.3, -0.25) is 0 Å². The highest BCUT2D eigenvalue weighted by Gasteiger charge is 2.28. The van der Waals surface area contributed by atoms with Crippen LogP contribution in [-0.2, 0) is 6.54 Å². The third kappa shape index (κ3) is 2.97. The zero-order valence-corrected chi connectivity index (χ0v) is 10.4. The van der Waals surface area contributed by atoms with Gasteiger partial charge in [-0.15, -0.1) is 0 Å². The lowest BCUT2D eigenvalue weighted by molar-refractivity contribution is 0.369. The summed E-state index contributed by atoms with van der Waals surface area (Å²) in [5.41, 5.74) is 0.800. The Labute approximate surface area is 102 Å². The van der Waals surface area contributed by atoms with E-state index in [0.29, 0.717) is 18.5 Å². The summed E-state index contributed by atoms with van der Waals surface area (Å²) in [6.07, 6.45) is 2.44. The van der Waals surface area contributed by atoms with E-state index in [4.69, 9.17) is 0 Å². The zero-order valence-electron chi connectivity index (χ0n) is 10.4. The number of phenolic OH excluding ortho intramolecular Hbond substituents is 1. The van der Waals surface area contributed by atoms with E-state index in [2.05, 4.69) is 19.2 Å². The quantitative estimate of drug-likeness (QED) is 0.846. The molecule has 94 valence electrons. The van der Waals surface area contributed by atoms with Crippen molar-refractivity contribution >= 4 is 0 Å². The predicted molar refractivity (Wildman–Crippen MR) is 66.3 cm³/mol. The van der Waals surface area contributed by atoms with Crippen LogP contribution < -0.4 is 5.32 Å². The van der Waals surface area contributed by atoms with Crippen LogP contribution in [0, 0.1) is 17.7 Å². The van der Waals surface area contributed by atoms with Crippen molar-refractivity contribution in [3.05, 3.63) is 29.6 Å². The second kappa shape index (κ2) is 5.05. The Hall–Kier alpha value is -1.09. The maximum atomic E-state index is 13.1. The summed E-state index contributed by atoms with van der Waals surface area (Å²) in [5.74, 6) is 1.04. The van der Waals surface area contributed by atoms with Crippen molar-refractivity contribution in [1.29, 1.82) is 0 Å². The molecule has 3 heteroatoms. The van der Waals surface area contributed by atoms with Crippen molar-refractivity contribution in [3.63, 3.8) is 0 Å². The normalized spacial score (nSPS) is 28.5. The molecule has 2 rings (SSSR count). The van der Waals surface area contributed by atoms with Crippen molar-refractivity contribution in [2.75, 3.05) is 0 Å². The summed E-state index contributed by atoms with van der Waals surface area (Å²) in [5, 5.41) is 12.8. The monoisotopic (exact) mass is 237 g/mol. The van der Waals surface area contributed by atoms with Crippen molar-refractivity contribution in [1.82, 2.24) is 5.32 Å². The van der Waals surface area contributed by atoms with Gasteiger partial charge in [0.25, 0.3) is 0 Å². The summed E-state index contributed by atoms with van der Waals surface area (Å²) in [6.45, 7) is 5.16. The fourth-order valence-electron chi connectivity index (χ4n) is 2.64. The number of benzene rings is 1. The van der Waals surface area contributed by atoms with Crippen LogP contribution in [0.2, 0.25) is 0 Å². The van der Waals surface area contributed by atoms with Crippen LogP contribution >= 0.6 is 0 Å². The van der Waals surface area contributed by atoms with E-state index in [1.807, 2.05) is 0 Å². The Bertz CT molecular complexity index is 374. The molecule has 1 aromatic rings. The van der Waals surface area contributed by atoms with Gasteiger partial charge in [0.1, 0.15) is 11.6 Å². The summed E-state index contributed by atoms with van der Waals surface area (Å²) < 4.78 is 13.1. The molecular weight excluding hydrogens is 217 g/mol. The molecule has 17 heavy (non-hydrogen) atoms. The highest BCUT2D eigenvalue weighted by molar-refractivity contribution is 5.28. The molecule has 2 nitrogen and oxygen atoms in total. The molecule has 2 N–H and O–H groups in total. The predicted octanol–water partition coefficient (Wildman–Crippen LogP) is 3.06. The van der Waals surface area contributed by atoms with Gasteiger partial charge in [0, 0.05) is 18.7 Å². The second-order valence-corrected chi connectivity index (χ2v) is 5.22. The minimum atomic E-state index is -0.380. The van der Waals surface area contributed by atoms with Gasteiger partial charge in [-0.25, -0.2) is 4.39 Å². The minimum absolute atomic E-state index is 0.00496. The van der Waals surface area contributed by atoms with Gasteiger partial charge in [-0.05, 0) is 42.4 Å². The van der Waals surface area contributed by atoms with Crippen LogP contribution in [-0.4, -0.2) is 11.1 Å². The molecule has 0 spiro atoms. The molecule has 0 amide bonds. The maximum absolute atomic E-state index is 13.1. The molecule has 0 radical (unpaired) electrons. The third-order valence-corrected chi connectivity index (χ3v) is 3.98. The molecule has 3 unspecified atom stereocenters. The summed E-state index contributed by atoms with van der Waals surface area (Å²) in [7, 11) is 0. The Morgan fingerprint density at radius 2 is 2.06 bits per heavy atom. The first-order valence-electron chi connectivity index (χ1n) is 6.28. The van der Waals surface area contributed by atoms with Gasteiger partial charge < -0.3 is 10.4 Å². The van der Waals surface area contributed by atoms with Crippen molar-refractivity contribution in [2.24, 2.45) is 11.8 Å². The SMILES string of the molecule is CC1CCC(NCc2cc(O)cc(F)c2)C1C. The van der Waals surface area contributed by atoms with Gasteiger partial charge in [0.2, 0.25) is 0 Å². The second-order valence-electron chi connectivity index (χ2n) is 5.22. The molecular formula is C14H20FNO. The lowest BCUT2D eigenvalue weighted by atomic mass is 9.97. The first-order valence-corrected chi connectivity index (χ1v) is 6.28. The summed E-state index contributed by atoms with van der Waals surface area (Å²) in [6, 6.07) is 4.72. The average Bonchev–Trinajstić information content (AvgIpc) is 2.56. The first kappa shape index (κ1) is 12.4. The third-order valence-electron chi connectivity index (χ3n) is 3.98. The molecule has 1 aliphatic carbocycles. The Morgan fingerprint density at radius 1 is 1.29 bits per heavy atom. The smallest absolute Gasteiger partial charge is 0.127 e. The lowest BCUT2D eigenvalue weighted by Gasteiger charge is -2.19. The molecule has 1 aliphatic rings. The first-order chi connectivity index (χ1) is 8.06. The largest absolute Gasteiger partial charge is 0.508 e. The van der Waals surface area contributed by atoms with E-state index in [1.54, 1.807) is 6.07 Å². The molecule has 0 saturated heterocycles. The van der Waals surface area contributed by atoms with E-state index in [9.17, 15) is 9.50 Å². The van der Waals surface area contributed by atoms with Gasteiger partial charge in [0.15, 0.2) is 0 Å². The number of phenols is 1. The van der Waals surface area contributed by atoms with Crippen LogP contribution in [0.25, 0.3) is 0 Å². The number of nitrogens with one attached hydrogen (secondary N) is 1. The van der Waals surface area contributed by atoms with Crippen molar-refractivity contribution in [2.45, 2.75) is 39.3 Å². The molecule has 1 fully saturated rings. The molecule has 1 saturated carbocycles. The zero-order chi connectivity index (χ0) is 12.4. The van der Waals surface area contributed by atoms with Crippen LogP contribution in [0.15, 0.2) is 18.2 Å². The summed E-state index contributed by atoms with van der Waals surface area (Å²) >= 11 is 0. The summed E-state index contributed by atoms with van der Waals surface area (Å²) in [4.78, 5) is 0. The van der Waals surface area contributed by atoms with Gasteiger partial charge >= 0.3 is 0 Å². The number of hydrogen-bond donors (Lipinski definition) is 2. The average molecular weight is 237 g/mol. The van der Waals surface area contributed by atoms with E-state index >= 15 is 0 Å². The molecule has 0 aromatic heterocycles. The fourth-order valence-corrected chi connectivity index (χ4v) is 2.64. The molecule has 0 aliphatic heterocycles. The van der Waals surface area contributed by atoms with Gasteiger partial charge in [-0.2, -0.15) is 0 Å². The number of aromatic hydroxyl groups is 1. The van der Waals surface area contributed by atoms with Crippen LogP contribution in [0.4, 0.5) is 4.39 Å². The fraction of sp³-hybridized carbons (Fsp3) is 0.571. The molecule has 1 aromatic carbocycles. The minimum Gasteiger partial charge on any atom is -0.508 e. The van der Waals surface area contributed by atoms with Gasteiger partial charge in [0.05, 0.1) is 0 Å². The maximum Gasteiger partial charge on any atom is 0.127 e. The number of halogens is 1. The molecule has 0 bridgehead atoms. The topological polar surface area (TPSA) is 32.3 Å². The van der Waals surface area contributed by atoms with E-state index in [1.165, 1.54) is 18.9 Å². The van der Waals surface area contributed by atoms with Crippen LogP contribution in [0.5, 0.6) is 5.75 Å². The Kier molecular flexibility index (Phi) is 3.67. The number of hydrogen-bond acceptors (Lipinski definition) is 2.